The highest BCUT2D eigenvalue weighted by Crippen LogP contribution is 2.38. The van der Waals surface area contributed by atoms with E-state index in [-0.39, 0.29) is 27.7 Å². The van der Waals surface area contributed by atoms with Crippen LogP contribution in [0.2, 0.25) is 0 Å². The second-order valence-electron chi connectivity index (χ2n) is 4.26. The molecular weight excluding hydrogens is 309 g/mol. The molecule has 1 rings (SSSR count). The topological polar surface area (TPSA) is 101 Å². The quantitative estimate of drug-likeness (QED) is 0.757. The van der Waals surface area contributed by atoms with Crippen molar-refractivity contribution < 1.29 is 22.8 Å². The van der Waals surface area contributed by atoms with E-state index in [9.17, 15) is 22.8 Å². The van der Waals surface area contributed by atoms with Crippen molar-refractivity contribution in [2.45, 2.75) is 12.6 Å². The van der Waals surface area contributed by atoms with Gasteiger partial charge in [-0.25, -0.2) is 0 Å². The number of thiophene rings is 1. The number of alkyl halides is 3. The summed E-state index contributed by atoms with van der Waals surface area (Å²) in [5.41, 5.74) is 10.7. The number of rotatable bonds is 5. The van der Waals surface area contributed by atoms with Crippen LogP contribution >= 0.6 is 11.3 Å². The van der Waals surface area contributed by atoms with Crippen LogP contribution in [-0.4, -0.2) is 38.6 Å². The number of carbonyl (C=O) groups excluding carboxylic acids is 2. The molecule has 6 nitrogen and oxygen atoms in total. The molecule has 0 unspecified atom stereocenters. The number of carbonyl (C=O) groups is 2. The molecule has 118 valence electrons. The lowest BCUT2D eigenvalue weighted by Gasteiger charge is -2.19. The summed E-state index contributed by atoms with van der Waals surface area (Å²) in [7, 11) is 2.73. The van der Waals surface area contributed by atoms with Crippen molar-refractivity contribution in [2.24, 2.45) is 5.73 Å². The van der Waals surface area contributed by atoms with Crippen molar-refractivity contribution in [1.82, 2.24) is 5.32 Å². The van der Waals surface area contributed by atoms with Crippen molar-refractivity contribution in [1.29, 1.82) is 0 Å². The van der Waals surface area contributed by atoms with Gasteiger partial charge in [-0.05, 0) is 0 Å². The lowest BCUT2D eigenvalue weighted by molar-refractivity contribution is -0.132. The van der Waals surface area contributed by atoms with Crippen LogP contribution in [0.3, 0.4) is 0 Å². The van der Waals surface area contributed by atoms with Crippen molar-refractivity contribution in [2.75, 3.05) is 31.3 Å². The summed E-state index contributed by atoms with van der Waals surface area (Å²) in [5, 5.41) is 2.50. The molecule has 0 fully saturated rings. The van der Waals surface area contributed by atoms with Gasteiger partial charge in [-0.1, -0.05) is 0 Å². The number of hydrogen-bond donors (Lipinski definition) is 3. The predicted octanol–water partition coefficient (Wildman–Crippen LogP) is 1.18. The molecule has 0 aliphatic heterocycles. The molecule has 0 bridgehead atoms. The van der Waals surface area contributed by atoms with Crippen molar-refractivity contribution in [3.05, 3.63) is 10.4 Å². The fourth-order valence-electron chi connectivity index (χ4n) is 1.62. The van der Waals surface area contributed by atoms with Crippen molar-refractivity contribution in [3.8, 4) is 0 Å². The van der Waals surface area contributed by atoms with E-state index in [1.807, 2.05) is 0 Å². The van der Waals surface area contributed by atoms with Crippen LogP contribution < -0.4 is 21.7 Å². The van der Waals surface area contributed by atoms with Gasteiger partial charge < -0.3 is 21.7 Å². The Morgan fingerprint density at radius 1 is 1.38 bits per heavy atom. The first kappa shape index (κ1) is 17.1. The Balaban J connectivity index is 3.18. The lowest BCUT2D eigenvalue weighted by atomic mass is 10.2. The number of amides is 2. The van der Waals surface area contributed by atoms with E-state index in [4.69, 9.17) is 11.5 Å². The number of nitrogens with zero attached hydrogens (tertiary/aromatic N) is 1. The van der Waals surface area contributed by atoms with E-state index < -0.39 is 24.4 Å². The van der Waals surface area contributed by atoms with Crippen LogP contribution in [0.4, 0.5) is 23.9 Å². The largest absolute Gasteiger partial charge is 0.397 e. The number of nitrogens with two attached hydrogens (primary N) is 2. The van der Waals surface area contributed by atoms with Gasteiger partial charge in [0.1, 0.15) is 9.88 Å². The van der Waals surface area contributed by atoms with Crippen LogP contribution in [0.1, 0.15) is 26.5 Å². The molecule has 0 aromatic carbocycles. The molecule has 0 atom stereocenters. The van der Waals surface area contributed by atoms with E-state index in [2.05, 4.69) is 5.32 Å². The molecule has 0 aliphatic carbocycles. The molecule has 1 aromatic heterocycles. The van der Waals surface area contributed by atoms with Crippen molar-refractivity contribution in [3.63, 3.8) is 0 Å². The molecular formula is C11H15F3N4O2S. The zero-order chi connectivity index (χ0) is 16.4. The molecule has 0 saturated carbocycles. The number of anilines is 2. The normalized spacial score (nSPS) is 11.3. The van der Waals surface area contributed by atoms with Gasteiger partial charge in [0.2, 0.25) is 0 Å². The van der Waals surface area contributed by atoms with Gasteiger partial charge in [0.05, 0.1) is 17.7 Å². The molecule has 0 saturated heterocycles. The number of nitrogens with one attached hydrogen (secondary N) is 1. The first-order valence-electron chi connectivity index (χ1n) is 5.80. The Bertz CT molecular complexity index is 556. The Morgan fingerprint density at radius 2 is 1.95 bits per heavy atom. The number of hydrogen-bond acceptors (Lipinski definition) is 5. The second kappa shape index (κ2) is 6.20. The third kappa shape index (κ3) is 4.00. The maximum absolute atomic E-state index is 12.3. The molecule has 10 heteroatoms. The molecule has 1 heterocycles. The predicted molar refractivity (Wildman–Crippen MR) is 74.6 cm³/mol. The van der Waals surface area contributed by atoms with Crippen LogP contribution in [0.15, 0.2) is 0 Å². The number of primary amides is 1. The SMILES string of the molecule is CNC(=O)c1c(N(C)CCC(F)(F)F)sc(C(N)=O)c1N. The average Bonchev–Trinajstić information content (AvgIpc) is 2.72. The van der Waals surface area contributed by atoms with Gasteiger partial charge in [0.25, 0.3) is 11.8 Å². The molecule has 0 spiro atoms. The maximum Gasteiger partial charge on any atom is 0.390 e. The number of halogens is 3. The summed E-state index contributed by atoms with van der Waals surface area (Å²) in [5.74, 6) is -1.43. The van der Waals surface area contributed by atoms with Gasteiger partial charge in [-0.2, -0.15) is 13.2 Å². The monoisotopic (exact) mass is 324 g/mol. The first-order valence-corrected chi connectivity index (χ1v) is 6.62. The maximum atomic E-state index is 12.3. The van der Waals surface area contributed by atoms with Crippen LogP contribution in [0, 0.1) is 0 Å². The zero-order valence-corrected chi connectivity index (χ0v) is 12.2. The highest BCUT2D eigenvalue weighted by molar-refractivity contribution is 7.19. The minimum Gasteiger partial charge on any atom is -0.397 e. The fraction of sp³-hybridized carbons (Fsp3) is 0.455. The summed E-state index contributed by atoms with van der Waals surface area (Å²) < 4.78 is 36.8. The van der Waals surface area contributed by atoms with Gasteiger partial charge in [-0.3, -0.25) is 9.59 Å². The summed E-state index contributed by atoms with van der Waals surface area (Å²) >= 11 is 0.795. The highest BCUT2D eigenvalue weighted by atomic mass is 32.1. The van der Waals surface area contributed by atoms with Gasteiger partial charge in [-0.15, -0.1) is 11.3 Å². The minimum atomic E-state index is -4.32. The molecule has 1 aromatic rings. The molecule has 5 N–H and O–H groups in total. The van der Waals surface area contributed by atoms with Crippen LogP contribution in [0.5, 0.6) is 0 Å². The zero-order valence-electron chi connectivity index (χ0n) is 11.4. The minimum absolute atomic E-state index is 0.0408. The Kier molecular flexibility index (Phi) is 5.05. The lowest BCUT2D eigenvalue weighted by Crippen LogP contribution is -2.27. The summed E-state index contributed by atoms with van der Waals surface area (Å²) in [6.45, 7) is -0.369. The summed E-state index contributed by atoms with van der Waals surface area (Å²) in [4.78, 5) is 24.2. The Morgan fingerprint density at radius 3 is 2.38 bits per heavy atom. The molecule has 0 aliphatic rings. The standard InChI is InChI=1S/C11H15F3N4O2S/c1-17-9(20)5-6(15)7(8(16)19)21-10(5)18(2)4-3-11(12,13)14/h3-4,15H2,1-2H3,(H2,16,19)(H,17,20). The Labute approximate surface area is 122 Å². The van der Waals surface area contributed by atoms with E-state index in [1.165, 1.54) is 19.0 Å². The molecule has 0 radical (unpaired) electrons. The van der Waals surface area contributed by atoms with E-state index in [0.29, 0.717) is 0 Å². The van der Waals surface area contributed by atoms with Crippen molar-refractivity contribution >= 4 is 33.8 Å². The van der Waals surface area contributed by atoms with E-state index in [0.717, 1.165) is 11.3 Å². The third-order valence-corrected chi connectivity index (χ3v) is 4.02. The number of nitrogen functional groups attached to an aromatic ring is 1. The molecule has 2 amide bonds. The highest BCUT2D eigenvalue weighted by Gasteiger charge is 2.30. The van der Waals surface area contributed by atoms with E-state index >= 15 is 0 Å². The smallest absolute Gasteiger partial charge is 0.390 e. The fourth-order valence-corrected chi connectivity index (χ4v) is 2.68. The molecule has 21 heavy (non-hydrogen) atoms. The van der Waals surface area contributed by atoms with Crippen LogP contribution in [-0.2, 0) is 0 Å². The van der Waals surface area contributed by atoms with Gasteiger partial charge in [0.15, 0.2) is 0 Å². The van der Waals surface area contributed by atoms with Crippen LogP contribution in [0.25, 0.3) is 0 Å². The van der Waals surface area contributed by atoms with Gasteiger partial charge >= 0.3 is 6.18 Å². The summed E-state index contributed by atoms with van der Waals surface area (Å²) in [6, 6.07) is 0. The van der Waals surface area contributed by atoms with E-state index in [1.54, 1.807) is 0 Å². The average molecular weight is 324 g/mol. The first-order chi connectivity index (χ1) is 9.58. The van der Waals surface area contributed by atoms with Gasteiger partial charge in [0, 0.05) is 20.6 Å². The second-order valence-corrected chi connectivity index (χ2v) is 5.25. The summed E-state index contributed by atoms with van der Waals surface area (Å²) in [6.07, 6.45) is -5.38. The Hall–Kier alpha value is -1.97. The third-order valence-electron chi connectivity index (χ3n) is 2.68.